The summed E-state index contributed by atoms with van der Waals surface area (Å²) < 4.78 is 11.1. The number of rotatable bonds is 8. The van der Waals surface area contributed by atoms with Gasteiger partial charge in [0.2, 0.25) is 5.91 Å². The molecule has 2 aliphatic heterocycles. The molecule has 7 nitrogen and oxygen atoms in total. The number of methoxy groups -OCH3 is 2. The molecule has 2 atom stereocenters. The number of fused-ring (bicyclic) bond motifs is 4. The van der Waals surface area contributed by atoms with Crippen LogP contribution < -0.4 is 14.8 Å². The van der Waals surface area contributed by atoms with Gasteiger partial charge in [0.05, 0.1) is 26.2 Å². The molecule has 0 aliphatic carbocycles. The minimum atomic E-state index is -0.493. The Hall–Kier alpha value is -3.06. The van der Waals surface area contributed by atoms with E-state index in [1.807, 2.05) is 41.3 Å². The minimum absolute atomic E-state index is 0.0248. The fraction of sp³-hybridized carbons (Fsp3) is 0.462. The molecule has 0 saturated heterocycles. The Labute approximate surface area is 195 Å². The van der Waals surface area contributed by atoms with Gasteiger partial charge < -0.3 is 24.6 Å². The topological polar surface area (TPSA) is 71.1 Å². The molecule has 7 heteroatoms. The van der Waals surface area contributed by atoms with Gasteiger partial charge in [-0.05, 0) is 54.4 Å². The molecular weight excluding hydrogens is 418 g/mol. The highest BCUT2D eigenvalue weighted by Gasteiger charge is 2.46. The highest BCUT2D eigenvalue weighted by Crippen LogP contribution is 2.48. The lowest BCUT2D eigenvalue weighted by Gasteiger charge is -2.45. The average molecular weight is 452 g/mol. The molecule has 0 spiro atoms. The predicted molar refractivity (Wildman–Crippen MR) is 127 cm³/mol. The van der Waals surface area contributed by atoms with Crippen LogP contribution in [0.2, 0.25) is 0 Å². The summed E-state index contributed by atoms with van der Waals surface area (Å²) in [4.78, 5) is 31.2. The van der Waals surface area contributed by atoms with E-state index in [1.54, 1.807) is 14.2 Å². The van der Waals surface area contributed by atoms with Gasteiger partial charge in [-0.3, -0.25) is 9.59 Å². The van der Waals surface area contributed by atoms with Crippen LogP contribution in [-0.4, -0.2) is 68.6 Å². The molecule has 0 saturated carbocycles. The monoisotopic (exact) mass is 451 g/mol. The summed E-state index contributed by atoms with van der Waals surface area (Å²) in [7, 11) is 3.22. The maximum absolute atomic E-state index is 13.6. The Bertz CT molecular complexity index is 1030. The number of hydrogen-bond acceptors (Lipinski definition) is 5. The second-order valence-corrected chi connectivity index (χ2v) is 8.48. The third-order valence-corrected chi connectivity index (χ3v) is 6.93. The molecule has 33 heavy (non-hydrogen) atoms. The van der Waals surface area contributed by atoms with Crippen molar-refractivity contribution in [1.29, 1.82) is 0 Å². The molecule has 2 aromatic carbocycles. The molecule has 2 heterocycles. The first-order valence-corrected chi connectivity index (χ1v) is 11.7. The third kappa shape index (κ3) is 4.17. The van der Waals surface area contributed by atoms with Gasteiger partial charge in [-0.2, -0.15) is 0 Å². The van der Waals surface area contributed by atoms with Gasteiger partial charge in [0.25, 0.3) is 5.91 Å². The number of hydrogen-bond donors (Lipinski definition) is 1. The van der Waals surface area contributed by atoms with Gasteiger partial charge in [0.1, 0.15) is 0 Å². The minimum Gasteiger partial charge on any atom is -0.493 e. The van der Waals surface area contributed by atoms with Crippen LogP contribution in [0.4, 0.5) is 0 Å². The highest BCUT2D eigenvalue weighted by atomic mass is 16.5. The van der Waals surface area contributed by atoms with E-state index in [2.05, 4.69) is 24.1 Å². The number of nitrogens with one attached hydrogen (secondary N) is 1. The van der Waals surface area contributed by atoms with Gasteiger partial charge in [-0.1, -0.05) is 32.0 Å². The van der Waals surface area contributed by atoms with E-state index in [0.717, 1.165) is 36.3 Å². The number of amides is 2. The first-order valence-electron chi connectivity index (χ1n) is 11.7. The van der Waals surface area contributed by atoms with E-state index in [0.29, 0.717) is 36.6 Å². The lowest BCUT2D eigenvalue weighted by atomic mass is 9.75. The van der Waals surface area contributed by atoms with Crippen molar-refractivity contribution in [2.24, 2.45) is 0 Å². The van der Waals surface area contributed by atoms with E-state index in [1.165, 1.54) is 0 Å². The largest absolute Gasteiger partial charge is 0.493 e. The van der Waals surface area contributed by atoms with Crippen molar-refractivity contribution in [3.8, 4) is 11.5 Å². The lowest BCUT2D eigenvalue weighted by molar-refractivity contribution is -0.124. The fourth-order valence-corrected chi connectivity index (χ4v) is 5.12. The first kappa shape index (κ1) is 23.1. The zero-order valence-corrected chi connectivity index (χ0v) is 19.9. The molecule has 0 bridgehead atoms. The Kier molecular flexibility index (Phi) is 6.88. The normalized spacial score (nSPS) is 18.9. The molecule has 0 unspecified atom stereocenters. The van der Waals surface area contributed by atoms with E-state index in [4.69, 9.17) is 9.47 Å². The van der Waals surface area contributed by atoms with E-state index in [9.17, 15) is 9.59 Å². The fourth-order valence-electron chi connectivity index (χ4n) is 5.12. The molecule has 4 rings (SSSR count). The second-order valence-electron chi connectivity index (χ2n) is 8.48. The molecule has 176 valence electrons. The zero-order valence-electron chi connectivity index (χ0n) is 19.9. The van der Waals surface area contributed by atoms with Crippen molar-refractivity contribution in [2.45, 2.75) is 32.2 Å². The summed E-state index contributed by atoms with van der Waals surface area (Å²) in [5.41, 5.74) is 3.43. The maximum Gasteiger partial charge on any atom is 0.254 e. The Morgan fingerprint density at radius 3 is 2.48 bits per heavy atom. The smallest absolute Gasteiger partial charge is 0.254 e. The van der Waals surface area contributed by atoms with Crippen molar-refractivity contribution in [3.05, 3.63) is 58.7 Å². The van der Waals surface area contributed by atoms with Crippen LogP contribution in [0, 0.1) is 0 Å². The van der Waals surface area contributed by atoms with Crippen molar-refractivity contribution in [3.63, 3.8) is 0 Å². The molecule has 0 radical (unpaired) electrons. The molecular formula is C26H33N3O4. The van der Waals surface area contributed by atoms with Crippen LogP contribution in [0.3, 0.4) is 0 Å². The van der Waals surface area contributed by atoms with E-state index >= 15 is 0 Å². The van der Waals surface area contributed by atoms with Gasteiger partial charge >= 0.3 is 0 Å². The molecule has 2 aliphatic rings. The molecule has 2 amide bonds. The van der Waals surface area contributed by atoms with Crippen molar-refractivity contribution in [2.75, 3.05) is 46.9 Å². The van der Waals surface area contributed by atoms with Crippen LogP contribution in [-0.2, 0) is 11.2 Å². The summed E-state index contributed by atoms with van der Waals surface area (Å²) in [6, 6.07) is 11.0. The summed E-state index contributed by atoms with van der Waals surface area (Å²) in [6.07, 6.45) is 0.705. The predicted octanol–water partition coefficient (Wildman–Crippen LogP) is 3.00. The van der Waals surface area contributed by atoms with E-state index in [-0.39, 0.29) is 17.9 Å². The first-order chi connectivity index (χ1) is 16.0. The van der Waals surface area contributed by atoms with Crippen LogP contribution in [0.15, 0.2) is 36.4 Å². The molecule has 0 aromatic heterocycles. The molecule has 2 aromatic rings. The van der Waals surface area contributed by atoms with Crippen LogP contribution in [0.1, 0.15) is 52.9 Å². The maximum atomic E-state index is 13.6. The standard InChI is InChI=1S/C26H33N3O4/c1-5-28(6-2)14-12-27-25(30)23-18-9-7-8-10-19(18)26(31)29-13-11-17-15-21(32-3)22(33-4)16-20(17)24(23)29/h7-10,15-16,23-24H,5-6,11-14H2,1-4H3,(H,27,30)/t23-,24-/m1/s1. The molecule has 0 fully saturated rings. The van der Waals surface area contributed by atoms with Gasteiger partial charge in [-0.15, -0.1) is 0 Å². The van der Waals surface area contributed by atoms with E-state index < -0.39 is 5.92 Å². The average Bonchev–Trinajstić information content (AvgIpc) is 2.85. The number of ether oxygens (including phenoxy) is 2. The summed E-state index contributed by atoms with van der Waals surface area (Å²) in [6.45, 7) is 8.04. The van der Waals surface area contributed by atoms with Crippen molar-refractivity contribution < 1.29 is 19.1 Å². The SMILES string of the molecule is CCN(CC)CCNC(=O)[C@@H]1c2ccccc2C(=O)N2CCc3cc(OC)c(OC)cc3[C@H]12. The van der Waals surface area contributed by atoms with Gasteiger partial charge in [0.15, 0.2) is 11.5 Å². The number of likely N-dealkylation sites (N-methyl/N-ethyl adjacent to an activating group) is 1. The zero-order chi connectivity index (χ0) is 23.5. The quantitative estimate of drug-likeness (QED) is 0.668. The number of benzene rings is 2. The van der Waals surface area contributed by atoms with Gasteiger partial charge in [0, 0.05) is 25.2 Å². The lowest BCUT2D eigenvalue weighted by Crippen LogP contribution is -2.50. The summed E-state index contributed by atoms with van der Waals surface area (Å²) >= 11 is 0. The third-order valence-electron chi connectivity index (χ3n) is 6.93. The van der Waals surface area contributed by atoms with Crippen molar-refractivity contribution >= 4 is 11.8 Å². The second kappa shape index (κ2) is 9.83. The molecule has 1 N–H and O–H groups in total. The summed E-state index contributed by atoms with van der Waals surface area (Å²) in [5, 5.41) is 3.15. The van der Waals surface area contributed by atoms with Crippen molar-refractivity contribution in [1.82, 2.24) is 15.1 Å². The number of nitrogens with zero attached hydrogens (tertiary/aromatic N) is 2. The Balaban J connectivity index is 1.75. The van der Waals surface area contributed by atoms with Gasteiger partial charge in [-0.25, -0.2) is 0 Å². The number of carbonyl (C=O) groups is 2. The Morgan fingerprint density at radius 2 is 1.79 bits per heavy atom. The number of carbonyl (C=O) groups excluding carboxylic acids is 2. The van der Waals surface area contributed by atoms with Crippen LogP contribution in [0.25, 0.3) is 0 Å². The summed E-state index contributed by atoms with van der Waals surface area (Å²) in [5.74, 6) is 0.688. The Morgan fingerprint density at radius 1 is 1.09 bits per heavy atom. The highest BCUT2D eigenvalue weighted by molar-refractivity contribution is 6.01. The van der Waals surface area contributed by atoms with Crippen LogP contribution in [0.5, 0.6) is 11.5 Å². The van der Waals surface area contributed by atoms with Crippen LogP contribution >= 0.6 is 0 Å².